The van der Waals surface area contributed by atoms with Crippen molar-refractivity contribution in [1.82, 2.24) is 25.5 Å². The van der Waals surface area contributed by atoms with E-state index in [1.807, 2.05) is 65.7 Å². The van der Waals surface area contributed by atoms with Gasteiger partial charge < -0.3 is 10.2 Å². The number of anilines is 2. The number of halogens is 1. The fourth-order valence-corrected chi connectivity index (χ4v) is 3.96. The van der Waals surface area contributed by atoms with E-state index in [9.17, 15) is 4.79 Å². The summed E-state index contributed by atoms with van der Waals surface area (Å²) < 4.78 is 0. The molecule has 1 amide bonds. The normalized spacial score (nSPS) is 16.3. The molecule has 2 aliphatic rings. The van der Waals surface area contributed by atoms with E-state index in [1.54, 1.807) is 17.6 Å². The van der Waals surface area contributed by atoms with Gasteiger partial charge in [0.15, 0.2) is 0 Å². The molecular weight excluding hydrogens is 426 g/mol. The Labute approximate surface area is 190 Å². The summed E-state index contributed by atoms with van der Waals surface area (Å²) in [7, 11) is 0. The van der Waals surface area contributed by atoms with Crippen LogP contribution in [0.4, 0.5) is 11.4 Å². The van der Waals surface area contributed by atoms with Crippen molar-refractivity contribution < 1.29 is 4.79 Å². The van der Waals surface area contributed by atoms with E-state index in [0.29, 0.717) is 36.8 Å². The average Bonchev–Trinajstić information content (AvgIpc) is 2.85. The molecule has 2 aliphatic heterocycles. The number of nitrogens with one attached hydrogen (secondary N) is 2. The molecule has 0 aliphatic carbocycles. The third-order valence-electron chi connectivity index (χ3n) is 5.48. The Kier molecular flexibility index (Phi) is 5.62. The van der Waals surface area contributed by atoms with Crippen LogP contribution in [0.1, 0.15) is 10.4 Å². The van der Waals surface area contributed by atoms with Crippen LogP contribution in [-0.2, 0) is 0 Å². The predicted octanol–water partition coefficient (Wildman–Crippen LogP) is 3.62. The van der Waals surface area contributed by atoms with E-state index in [2.05, 4.69) is 25.8 Å². The third-order valence-corrected chi connectivity index (χ3v) is 5.71. The first-order valence-electron chi connectivity index (χ1n) is 10.4. The average molecular weight is 448 g/mol. The monoisotopic (exact) mass is 447 g/mol. The van der Waals surface area contributed by atoms with Crippen LogP contribution in [0.25, 0.3) is 10.9 Å². The molecule has 9 heteroatoms. The summed E-state index contributed by atoms with van der Waals surface area (Å²) >= 11 is 6.08. The van der Waals surface area contributed by atoms with Crippen LogP contribution in [0.15, 0.2) is 72.1 Å². The molecule has 0 radical (unpaired) electrons. The number of carbonyl (C=O) groups excluding carboxylic acids is 1. The SMILES string of the molecule is O=C(c1ccc(Nc2ccnc3cc(Cl)ccc23)cc1)N1CCN(N2N=CC=CN2)CC1. The number of hydrazine groups is 2. The minimum atomic E-state index is 0.0372. The van der Waals surface area contributed by atoms with E-state index < -0.39 is 0 Å². The zero-order chi connectivity index (χ0) is 21.9. The highest BCUT2D eigenvalue weighted by atomic mass is 35.5. The molecule has 8 nitrogen and oxygen atoms in total. The van der Waals surface area contributed by atoms with Gasteiger partial charge in [-0.2, -0.15) is 5.01 Å². The van der Waals surface area contributed by atoms with E-state index in [1.165, 1.54) is 0 Å². The first kappa shape index (κ1) is 20.3. The first-order chi connectivity index (χ1) is 15.7. The van der Waals surface area contributed by atoms with Crippen LogP contribution in [-0.4, -0.2) is 58.4 Å². The number of allylic oxidation sites excluding steroid dienone is 1. The number of piperazine rings is 1. The quantitative estimate of drug-likeness (QED) is 0.636. The Morgan fingerprint density at radius 1 is 1.03 bits per heavy atom. The van der Waals surface area contributed by atoms with Crippen molar-refractivity contribution in [2.75, 3.05) is 31.5 Å². The topological polar surface area (TPSA) is 76.1 Å². The number of carbonyl (C=O) groups is 1. The van der Waals surface area contributed by atoms with Gasteiger partial charge in [0.2, 0.25) is 0 Å². The van der Waals surface area contributed by atoms with E-state index in [0.717, 1.165) is 22.3 Å². The lowest BCUT2D eigenvalue weighted by molar-refractivity contribution is -0.0789. The van der Waals surface area contributed by atoms with Gasteiger partial charge in [0.05, 0.1) is 11.7 Å². The van der Waals surface area contributed by atoms with Gasteiger partial charge in [-0.3, -0.25) is 15.2 Å². The number of benzene rings is 2. The van der Waals surface area contributed by atoms with Crippen LogP contribution in [0.3, 0.4) is 0 Å². The highest BCUT2D eigenvalue weighted by Gasteiger charge is 2.25. The number of aromatic nitrogens is 1. The van der Waals surface area contributed by atoms with Crippen molar-refractivity contribution >= 4 is 46.0 Å². The predicted molar refractivity (Wildman–Crippen MR) is 127 cm³/mol. The van der Waals surface area contributed by atoms with Crippen molar-refractivity contribution in [2.45, 2.75) is 0 Å². The maximum absolute atomic E-state index is 13.0. The zero-order valence-corrected chi connectivity index (χ0v) is 18.0. The summed E-state index contributed by atoms with van der Waals surface area (Å²) in [5, 5.41) is 13.1. The number of pyridine rings is 1. The van der Waals surface area contributed by atoms with Gasteiger partial charge in [-0.05, 0) is 54.6 Å². The largest absolute Gasteiger partial charge is 0.355 e. The molecule has 0 bridgehead atoms. The molecule has 0 unspecified atom stereocenters. The van der Waals surface area contributed by atoms with Gasteiger partial charge in [-0.1, -0.05) is 11.6 Å². The molecule has 0 saturated carbocycles. The second-order valence-corrected chi connectivity index (χ2v) is 7.95. The molecule has 1 aromatic heterocycles. The van der Waals surface area contributed by atoms with Crippen LogP contribution < -0.4 is 10.7 Å². The van der Waals surface area contributed by atoms with Gasteiger partial charge in [0.25, 0.3) is 5.91 Å². The molecule has 1 fully saturated rings. The summed E-state index contributed by atoms with van der Waals surface area (Å²) in [6.07, 6.45) is 7.14. The molecular formula is C23H22ClN7O. The van der Waals surface area contributed by atoms with Gasteiger partial charge in [-0.25, -0.2) is 0 Å². The van der Waals surface area contributed by atoms with E-state index in [4.69, 9.17) is 11.6 Å². The van der Waals surface area contributed by atoms with Crippen molar-refractivity contribution in [3.63, 3.8) is 0 Å². The second-order valence-electron chi connectivity index (χ2n) is 7.51. The van der Waals surface area contributed by atoms with Crippen molar-refractivity contribution in [3.8, 4) is 0 Å². The highest BCUT2D eigenvalue weighted by Crippen LogP contribution is 2.27. The van der Waals surface area contributed by atoms with Crippen LogP contribution >= 0.6 is 11.6 Å². The summed E-state index contributed by atoms with van der Waals surface area (Å²) in [6.45, 7) is 2.70. The lowest BCUT2D eigenvalue weighted by Gasteiger charge is -2.39. The molecule has 32 heavy (non-hydrogen) atoms. The lowest BCUT2D eigenvalue weighted by atomic mass is 10.1. The zero-order valence-electron chi connectivity index (χ0n) is 17.3. The van der Waals surface area contributed by atoms with Gasteiger partial charge in [-0.15, -0.1) is 10.3 Å². The number of nitrogens with zero attached hydrogens (tertiary/aromatic N) is 5. The van der Waals surface area contributed by atoms with Gasteiger partial charge in [0.1, 0.15) is 0 Å². The number of amides is 1. The summed E-state index contributed by atoms with van der Waals surface area (Å²) in [4.78, 5) is 19.2. The maximum Gasteiger partial charge on any atom is 0.253 e. The summed E-state index contributed by atoms with van der Waals surface area (Å²) in [6, 6.07) is 15.1. The van der Waals surface area contributed by atoms with Crippen molar-refractivity contribution in [2.24, 2.45) is 5.10 Å². The Morgan fingerprint density at radius 2 is 1.84 bits per heavy atom. The van der Waals surface area contributed by atoms with Crippen molar-refractivity contribution in [3.05, 3.63) is 77.6 Å². The molecule has 1 saturated heterocycles. The van der Waals surface area contributed by atoms with E-state index >= 15 is 0 Å². The first-order valence-corrected chi connectivity index (χ1v) is 10.8. The fourth-order valence-electron chi connectivity index (χ4n) is 3.80. The number of hydrogen-bond donors (Lipinski definition) is 2. The maximum atomic E-state index is 13.0. The number of hydrogen-bond acceptors (Lipinski definition) is 7. The molecule has 5 rings (SSSR count). The highest BCUT2D eigenvalue weighted by molar-refractivity contribution is 6.31. The second kappa shape index (κ2) is 8.86. The smallest absolute Gasteiger partial charge is 0.253 e. The van der Waals surface area contributed by atoms with Crippen molar-refractivity contribution in [1.29, 1.82) is 0 Å². The van der Waals surface area contributed by atoms with Crippen LogP contribution in [0, 0.1) is 0 Å². The fraction of sp³-hybridized carbons (Fsp3) is 0.174. The molecule has 2 N–H and O–H groups in total. The minimum absolute atomic E-state index is 0.0372. The van der Waals surface area contributed by atoms with E-state index in [-0.39, 0.29) is 5.91 Å². The Morgan fingerprint density at radius 3 is 2.59 bits per heavy atom. The lowest BCUT2D eigenvalue weighted by Crippen LogP contribution is -2.56. The molecule has 162 valence electrons. The number of hydrazone groups is 1. The minimum Gasteiger partial charge on any atom is -0.355 e. The molecule has 3 aromatic rings. The van der Waals surface area contributed by atoms with Crippen LogP contribution in [0.2, 0.25) is 5.02 Å². The number of fused-ring (bicyclic) bond motifs is 1. The number of rotatable bonds is 4. The molecule has 0 spiro atoms. The molecule has 3 heterocycles. The Bertz CT molecular complexity index is 1190. The van der Waals surface area contributed by atoms with Gasteiger partial charge >= 0.3 is 0 Å². The Balaban J connectivity index is 1.23. The molecule has 2 aromatic carbocycles. The van der Waals surface area contributed by atoms with Crippen LogP contribution in [0.5, 0.6) is 0 Å². The van der Waals surface area contributed by atoms with Gasteiger partial charge in [0, 0.05) is 65.9 Å². The third kappa shape index (κ3) is 4.23. The summed E-state index contributed by atoms with van der Waals surface area (Å²) in [5.41, 5.74) is 6.40. The molecule has 0 atom stereocenters. The summed E-state index contributed by atoms with van der Waals surface area (Å²) in [5.74, 6) is 0.0372. The standard InChI is InChI=1S/C23H22ClN7O/c24-18-4-7-20-21(8-11-25-22(20)16-18)28-19-5-2-17(3-6-19)23(32)29-12-14-30(15-13-29)31-26-9-1-10-27-31/h1-11,16,26H,12-15H2,(H,25,28). The Hall–Kier alpha value is -3.62.